The number of nitrogens with zero attached hydrogens (tertiary/aromatic N) is 1. The summed E-state index contributed by atoms with van der Waals surface area (Å²) >= 11 is 4.88. The van der Waals surface area contributed by atoms with Crippen LogP contribution in [0.25, 0.3) is 11.4 Å². The third-order valence-corrected chi connectivity index (χ3v) is 2.71. The number of H-pyrrole nitrogens is 2. The summed E-state index contributed by atoms with van der Waals surface area (Å²) in [6.07, 6.45) is 1.44. The molecule has 6 heteroatoms. The van der Waals surface area contributed by atoms with Gasteiger partial charge in [-0.2, -0.15) is 5.10 Å². The molecule has 0 amide bonds. The first-order valence-electron chi connectivity index (χ1n) is 5.32. The van der Waals surface area contributed by atoms with E-state index >= 15 is 0 Å². The summed E-state index contributed by atoms with van der Waals surface area (Å²) in [7, 11) is 0. The van der Waals surface area contributed by atoms with Gasteiger partial charge in [-0.05, 0) is 30.8 Å². The van der Waals surface area contributed by atoms with E-state index in [-0.39, 0.29) is 11.5 Å². The number of aromatic hydroxyl groups is 2. The molecule has 0 aliphatic heterocycles. The molecule has 1 aromatic carbocycles. The van der Waals surface area contributed by atoms with Crippen LogP contribution in [0, 0.1) is 4.77 Å². The Balaban J connectivity index is 2.56. The van der Waals surface area contributed by atoms with Crippen molar-refractivity contribution in [1.29, 1.82) is 0 Å². The van der Waals surface area contributed by atoms with Gasteiger partial charge >= 0.3 is 0 Å². The van der Waals surface area contributed by atoms with Crippen molar-refractivity contribution >= 4 is 12.2 Å². The highest BCUT2D eigenvalue weighted by Gasteiger charge is 2.14. The minimum atomic E-state index is 0.0459. The predicted molar refractivity (Wildman–Crippen MR) is 66.5 cm³/mol. The molecule has 4 N–H and O–H groups in total. The normalized spacial score (nSPS) is 10.6. The average molecular weight is 251 g/mol. The topological polar surface area (TPSA) is 84.9 Å². The van der Waals surface area contributed by atoms with Gasteiger partial charge in [0.1, 0.15) is 11.5 Å². The maximum atomic E-state index is 10.1. The van der Waals surface area contributed by atoms with Crippen LogP contribution >= 0.6 is 12.2 Å². The highest BCUT2D eigenvalue weighted by atomic mass is 32.1. The molecule has 0 atom stereocenters. The number of hydrogen-bond acceptors (Lipinski definition) is 4. The van der Waals surface area contributed by atoms with Gasteiger partial charge in [-0.25, -0.2) is 0 Å². The van der Waals surface area contributed by atoms with E-state index in [1.54, 1.807) is 12.1 Å². The number of phenols is 2. The van der Waals surface area contributed by atoms with Crippen molar-refractivity contribution in [3.05, 3.63) is 22.5 Å². The van der Waals surface area contributed by atoms with Crippen LogP contribution in [0.1, 0.15) is 18.9 Å². The van der Waals surface area contributed by atoms with Crippen molar-refractivity contribution in [3.8, 4) is 22.9 Å². The van der Waals surface area contributed by atoms with Crippen molar-refractivity contribution in [2.24, 2.45) is 0 Å². The van der Waals surface area contributed by atoms with Gasteiger partial charge in [0.05, 0.1) is 5.56 Å². The first-order valence-corrected chi connectivity index (χ1v) is 5.73. The van der Waals surface area contributed by atoms with Gasteiger partial charge in [-0.15, -0.1) is 0 Å². The zero-order valence-electron chi connectivity index (χ0n) is 9.32. The van der Waals surface area contributed by atoms with Gasteiger partial charge in [-0.1, -0.05) is 13.3 Å². The van der Waals surface area contributed by atoms with Crippen LogP contribution in [0.5, 0.6) is 11.5 Å². The Hall–Kier alpha value is -1.82. The fourth-order valence-corrected chi connectivity index (χ4v) is 1.85. The van der Waals surface area contributed by atoms with E-state index in [0.717, 1.165) is 6.42 Å². The monoisotopic (exact) mass is 251 g/mol. The van der Waals surface area contributed by atoms with Crippen molar-refractivity contribution in [2.75, 3.05) is 0 Å². The number of rotatable bonds is 3. The molecule has 0 radical (unpaired) electrons. The van der Waals surface area contributed by atoms with Gasteiger partial charge in [0.2, 0.25) is 0 Å². The largest absolute Gasteiger partial charge is 0.508 e. The molecule has 0 bridgehead atoms. The molecule has 0 saturated heterocycles. The van der Waals surface area contributed by atoms with Crippen LogP contribution < -0.4 is 0 Å². The quantitative estimate of drug-likeness (QED) is 0.631. The smallest absolute Gasteiger partial charge is 0.192 e. The first kappa shape index (κ1) is 11.7. The van der Waals surface area contributed by atoms with Gasteiger partial charge in [0.15, 0.2) is 10.6 Å². The van der Waals surface area contributed by atoms with Gasteiger partial charge in [0, 0.05) is 5.56 Å². The molecule has 5 nitrogen and oxygen atoms in total. The SMILES string of the molecule is CCCc1c(O)ccc(-c2n[nH]c(=S)[nH]2)c1O. The second-order valence-electron chi connectivity index (χ2n) is 3.74. The highest BCUT2D eigenvalue weighted by molar-refractivity contribution is 7.71. The Morgan fingerprint density at radius 2 is 2.12 bits per heavy atom. The lowest BCUT2D eigenvalue weighted by atomic mass is 10.0. The van der Waals surface area contributed by atoms with E-state index in [1.165, 1.54) is 0 Å². The maximum Gasteiger partial charge on any atom is 0.192 e. The van der Waals surface area contributed by atoms with E-state index < -0.39 is 0 Å². The Bertz CT molecular complexity index is 589. The molecular weight excluding hydrogens is 238 g/mol. The molecule has 0 aliphatic carbocycles. The Labute approximate surface area is 103 Å². The van der Waals surface area contributed by atoms with E-state index in [2.05, 4.69) is 15.2 Å². The third kappa shape index (κ3) is 2.16. The highest BCUT2D eigenvalue weighted by Crippen LogP contribution is 2.36. The fraction of sp³-hybridized carbons (Fsp3) is 0.273. The predicted octanol–water partition coefficient (Wildman–Crippen LogP) is 2.50. The lowest BCUT2D eigenvalue weighted by Crippen LogP contribution is -1.90. The summed E-state index contributed by atoms with van der Waals surface area (Å²) in [5.41, 5.74) is 1.06. The zero-order chi connectivity index (χ0) is 12.4. The lowest BCUT2D eigenvalue weighted by molar-refractivity contribution is 0.438. The van der Waals surface area contributed by atoms with Crippen LogP contribution in [0.4, 0.5) is 0 Å². The van der Waals surface area contributed by atoms with Crippen LogP contribution in [0.2, 0.25) is 0 Å². The molecule has 0 saturated carbocycles. The van der Waals surface area contributed by atoms with Gasteiger partial charge in [0.25, 0.3) is 0 Å². The van der Waals surface area contributed by atoms with Gasteiger partial charge < -0.3 is 15.2 Å². The summed E-state index contributed by atoms with van der Waals surface area (Å²) < 4.78 is 0.393. The summed E-state index contributed by atoms with van der Waals surface area (Å²) in [5.74, 6) is 0.608. The molecule has 0 fully saturated rings. The fourth-order valence-electron chi connectivity index (χ4n) is 1.71. The maximum absolute atomic E-state index is 10.1. The number of hydrogen-bond donors (Lipinski definition) is 4. The molecule has 17 heavy (non-hydrogen) atoms. The summed E-state index contributed by atoms with van der Waals surface area (Å²) in [6.45, 7) is 1.98. The molecule has 0 aliphatic rings. The van der Waals surface area contributed by atoms with Crippen molar-refractivity contribution in [1.82, 2.24) is 15.2 Å². The van der Waals surface area contributed by atoms with Crippen LogP contribution in [-0.2, 0) is 6.42 Å². The minimum Gasteiger partial charge on any atom is -0.508 e. The third-order valence-electron chi connectivity index (χ3n) is 2.51. The zero-order valence-corrected chi connectivity index (χ0v) is 10.1. The van der Waals surface area contributed by atoms with Crippen molar-refractivity contribution in [3.63, 3.8) is 0 Å². The van der Waals surface area contributed by atoms with Crippen molar-refractivity contribution < 1.29 is 10.2 Å². The second-order valence-corrected chi connectivity index (χ2v) is 4.14. The summed E-state index contributed by atoms with van der Waals surface area (Å²) in [4.78, 5) is 2.83. The van der Waals surface area contributed by atoms with E-state index in [0.29, 0.717) is 28.1 Å². The van der Waals surface area contributed by atoms with E-state index in [4.69, 9.17) is 12.2 Å². The Kier molecular flexibility index (Phi) is 3.14. The summed E-state index contributed by atoms with van der Waals surface area (Å²) in [6, 6.07) is 3.15. The number of benzene rings is 1. The number of phenolic OH excluding ortho intramolecular Hbond substituents is 2. The Morgan fingerprint density at radius 1 is 1.35 bits per heavy atom. The molecule has 2 rings (SSSR count). The molecule has 0 unspecified atom stereocenters. The van der Waals surface area contributed by atoms with Gasteiger partial charge in [-0.3, -0.25) is 5.10 Å². The molecule has 2 aromatic rings. The van der Waals surface area contributed by atoms with E-state index in [1.807, 2.05) is 6.92 Å². The molecule has 1 aromatic heterocycles. The van der Waals surface area contributed by atoms with Crippen LogP contribution in [0.15, 0.2) is 12.1 Å². The number of aromatic nitrogens is 3. The van der Waals surface area contributed by atoms with Crippen LogP contribution in [0.3, 0.4) is 0 Å². The average Bonchev–Trinajstić information content (AvgIpc) is 2.71. The molecule has 1 heterocycles. The standard InChI is InChI=1S/C11H13N3O2S/c1-2-3-6-8(15)5-4-7(9(6)16)10-12-11(17)14-13-10/h4-5,15-16H,2-3H2,1H3,(H2,12,13,14,17). The minimum absolute atomic E-state index is 0.0459. The number of nitrogens with one attached hydrogen (secondary N) is 2. The summed E-state index contributed by atoms with van der Waals surface area (Å²) in [5, 5.41) is 26.3. The number of aromatic amines is 2. The van der Waals surface area contributed by atoms with Crippen molar-refractivity contribution in [2.45, 2.75) is 19.8 Å². The second kappa shape index (κ2) is 4.58. The Morgan fingerprint density at radius 3 is 2.71 bits per heavy atom. The first-order chi connectivity index (χ1) is 8.13. The molecule has 0 spiro atoms. The lowest BCUT2D eigenvalue weighted by Gasteiger charge is -2.09. The van der Waals surface area contributed by atoms with E-state index in [9.17, 15) is 10.2 Å². The molecular formula is C11H13N3O2S. The van der Waals surface area contributed by atoms with Crippen LogP contribution in [-0.4, -0.2) is 25.4 Å². The molecule has 90 valence electrons.